The molecule has 21 heavy (non-hydrogen) atoms. The number of anilines is 1. The molecule has 0 saturated heterocycles. The Morgan fingerprint density at radius 1 is 1.14 bits per heavy atom. The fourth-order valence-electron chi connectivity index (χ4n) is 3.61. The van der Waals surface area contributed by atoms with Crippen molar-refractivity contribution in [1.82, 2.24) is 0 Å². The van der Waals surface area contributed by atoms with Gasteiger partial charge in [-0.2, -0.15) is 0 Å². The molecule has 0 unspecified atom stereocenters. The van der Waals surface area contributed by atoms with Crippen molar-refractivity contribution < 1.29 is 14.3 Å². The zero-order valence-corrected chi connectivity index (χ0v) is 12.3. The molecule has 1 aromatic rings. The molecule has 4 nitrogen and oxygen atoms in total. The van der Waals surface area contributed by atoms with E-state index in [-0.39, 0.29) is 23.7 Å². The Labute approximate surface area is 124 Å². The number of benzene rings is 1. The molecule has 2 atom stereocenters. The molecule has 1 amide bonds. The number of methoxy groups -OCH3 is 1. The molecule has 2 aliphatic carbocycles. The van der Waals surface area contributed by atoms with Gasteiger partial charge in [-0.1, -0.05) is 6.42 Å². The van der Waals surface area contributed by atoms with E-state index in [0.717, 1.165) is 43.5 Å². The second-order valence-corrected chi connectivity index (χ2v) is 6.11. The number of rotatable bonds is 3. The molecule has 2 saturated carbocycles. The average Bonchev–Trinajstić information content (AvgIpc) is 2.47. The topological polar surface area (TPSA) is 55.4 Å². The van der Waals surface area contributed by atoms with Gasteiger partial charge in [0.15, 0.2) is 0 Å². The largest absolute Gasteiger partial charge is 0.497 e. The van der Waals surface area contributed by atoms with Crippen LogP contribution in [-0.4, -0.2) is 18.8 Å². The summed E-state index contributed by atoms with van der Waals surface area (Å²) in [6, 6.07) is 7.33. The first kappa shape index (κ1) is 14.1. The van der Waals surface area contributed by atoms with Crippen LogP contribution in [-0.2, 0) is 9.59 Å². The van der Waals surface area contributed by atoms with Crippen LogP contribution in [0.2, 0.25) is 0 Å². The third-order valence-corrected chi connectivity index (χ3v) is 4.78. The van der Waals surface area contributed by atoms with E-state index in [4.69, 9.17) is 4.74 Å². The highest BCUT2D eigenvalue weighted by Crippen LogP contribution is 2.40. The Hall–Kier alpha value is -1.84. The van der Waals surface area contributed by atoms with E-state index in [2.05, 4.69) is 5.32 Å². The highest BCUT2D eigenvalue weighted by molar-refractivity contribution is 5.95. The third kappa shape index (κ3) is 2.94. The number of fused-ring (bicyclic) bond motifs is 2. The Bertz CT molecular complexity index is 521. The van der Waals surface area contributed by atoms with Gasteiger partial charge in [0, 0.05) is 23.4 Å². The molecule has 2 aliphatic rings. The predicted molar refractivity (Wildman–Crippen MR) is 80.2 cm³/mol. The summed E-state index contributed by atoms with van der Waals surface area (Å²) < 4.78 is 5.10. The van der Waals surface area contributed by atoms with Crippen molar-refractivity contribution in [1.29, 1.82) is 0 Å². The fraction of sp³-hybridized carbons (Fsp3) is 0.529. The highest BCUT2D eigenvalue weighted by atomic mass is 16.5. The van der Waals surface area contributed by atoms with Gasteiger partial charge >= 0.3 is 0 Å². The number of ether oxygens (including phenoxy) is 1. The molecule has 0 heterocycles. The van der Waals surface area contributed by atoms with Gasteiger partial charge in [-0.15, -0.1) is 0 Å². The van der Waals surface area contributed by atoms with Gasteiger partial charge in [-0.3, -0.25) is 9.59 Å². The smallest absolute Gasteiger partial charge is 0.227 e. The summed E-state index contributed by atoms with van der Waals surface area (Å²) in [4.78, 5) is 24.5. The fourth-order valence-corrected chi connectivity index (χ4v) is 3.61. The number of amides is 1. The molecule has 1 N–H and O–H groups in total. The molecule has 0 aliphatic heterocycles. The van der Waals surface area contributed by atoms with E-state index in [1.807, 2.05) is 24.3 Å². The summed E-state index contributed by atoms with van der Waals surface area (Å²) in [7, 11) is 1.62. The minimum absolute atomic E-state index is 0.0277. The maximum Gasteiger partial charge on any atom is 0.227 e. The van der Waals surface area contributed by atoms with Gasteiger partial charge in [0.2, 0.25) is 5.91 Å². The van der Waals surface area contributed by atoms with Crippen LogP contribution in [0.5, 0.6) is 5.75 Å². The maximum atomic E-state index is 12.4. The zero-order chi connectivity index (χ0) is 14.8. The van der Waals surface area contributed by atoms with Crippen LogP contribution >= 0.6 is 0 Å². The first-order chi connectivity index (χ1) is 10.2. The normalized spacial score (nSPS) is 28.0. The van der Waals surface area contributed by atoms with Crippen LogP contribution in [0.4, 0.5) is 5.69 Å². The van der Waals surface area contributed by atoms with Crippen LogP contribution in [0, 0.1) is 17.8 Å². The average molecular weight is 287 g/mol. The van der Waals surface area contributed by atoms with Gasteiger partial charge in [0.25, 0.3) is 0 Å². The second kappa shape index (κ2) is 5.88. The van der Waals surface area contributed by atoms with Crippen LogP contribution in [0.3, 0.4) is 0 Å². The number of Topliss-reactive ketones (excluding diaryl/α,β-unsaturated/α-hetero) is 1. The lowest BCUT2D eigenvalue weighted by Crippen LogP contribution is -2.40. The number of carbonyl (C=O) groups is 2. The summed E-state index contributed by atoms with van der Waals surface area (Å²) in [5.74, 6) is 1.42. The SMILES string of the molecule is COc1ccc(NC(=O)C2C[C@H]3CCC[C@H](C2)C3=O)cc1. The lowest BCUT2D eigenvalue weighted by atomic mass is 9.67. The number of hydrogen-bond donors (Lipinski definition) is 1. The highest BCUT2D eigenvalue weighted by Gasteiger charge is 2.41. The van der Waals surface area contributed by atoms with Gasteiger partial charge in [0.1, 0.15) is 11.5 Å². The Morgan fingerprint density at radius 3 is 2.33 bits per heavy atom. The Morgan fingerprint density at radius 2 is 1.76 bits per heavy atom. The summed E-state index contributed by atoms with van der Waals surface area (Å²) in [6.07, 6.45) is 4.49. The number of hydrogen-bond acceptors (Lipinski definition) is 3. The van der Waals surface area contributed by atoms with E-state index >= 15 is 0 Å². The number of ketones is 1. The molecule has 0 aromatic heterocycles. The summed E-state index contributed by atoms with van der Waals surface area (Å²) in [5, 5.41) is 2.96. The minimum atomic E-state index is -0.0277. The molecule has 112 valence electrons. The van der Waals surface area contributed by atoms with Crippen molar-refractivity contribution in [3.8, 4) is 5.75 Å². The molecule has 0 radical (unpaired) electrons. The molecule has 3 rings (SSSR count). The van der Waals surface area contributed by atoms with Gasteiger partial charge in [-0.25, -0.2) is 0 Å². The molecule has 2 bridgehead atoms. The first-order valence-electron chi connectivity index (χ1n) is 7.66. The lowest BCUT2D eigenvalue weighted by Gasteiger charge is -2.36. The molecular formula is C17H21NO3. The van der Waals surface area contributed by atoms with E-state index in [9.17, 15) is 9.59 Å². The number of carbonyl (C=O) groups excluding carboxylic acids is 2. The van der Waals surface area contributed by atoms with Crippen LogP contribution in [0.1, 0.15) is 32.1 Å². The standard InChI is InChI=1S/C17H21NO3/c1-21-15-7-5-14(6-8-15)18-17(20)13-9-11-3-2-4-12(10-13)16(11)19/h5-8,11-13H,2-4,9-10H2,1H3,(H,18,20)/t11-,12-/m1/s1. The molecular weight excluding hydrogens is 266 g/mol. The van der Waals surface area contributed by atoms with Crippen molar-refractivity contribution in [2.24, 2.45) is 17.8 Å². The van der Waals surface area contributed by atoms with Crippen molar-refractivity contribution >= 4 is 17.4 Å². The van der Waals surface area contributed by atoms with E-state index in [1.54, 1.807) is 7.11 Å². The van der Waals surface area contributed by atoms with E-state index in [1.165, 1.54) is 0 Å². The quantitative estimate of drug-likeness (QED) is 0.929. The van der Waals surface area contributed by atoms with Crippen LogP contribution < -0.4 is 10.1 Å². The molecule has 0 spiro atoms. The van der Waals surface area contributed by atoms with Crippen LogP contribution in [0.25, 0.3) is 0 Å². The van der Waals surface area contributed by atoms with Crippen molar-refractivity contribution in [3.05, 3.63) is 24.3 Å². The molecule has 4 heteroatoms. The third-order valence-electron chi connectivity index (χ3n) is 4.78. The van der Waals surface area contributed by atoms with Crippen LogP contribution in [0.15, 0.2) is 24.3 Å². The molecule has 1 aromatic carbocycles. The number of nitrogens with one attached hydrogen (secondary N) is 1. The zero-order valence-electron chi connectivity index (χ0n) is 12.3. The van der Waals surface area contributed by atoms with Gasteiger partial charge in [-0.05, 0) is 49.9 Å². The van der Waals surface area contributed by atoms with Gasteiger partial charge < -0.3 is 10.1 Å². The van der Waals surface area contributed by atoms with E-state index < -0.39 is 0 Å². The second-order valence-electron chi connectivity index (χ2n) is 6.11. The maximum absolute atomic E-state index is 12.4. The summed E-state index contributed by atoms with van der Waals surface area (Å²) in [5.41, 5.74) is 0.780. The Balaban J connectivity index is 1.64. The van der Waals surface area contributed by atoms with Gasteiger partial charge in [0.05, 0.1) is 7.11 Å². The van der Waals surface area contributed by atoms with E-state index in [0.29, 0.717) is 5.78 Å². The Kier molecular flexibility index (Phi) is 3.95. The van der Waals surface area contributed by atoms with Crippen molar-refractivity contribution in [3.63, 3.8) is 0 Å². The van der Waals surface area contributed by atoms with Crippen molar-refractivity contribution in [2.45, 2.75) is 32.1 Å². The monoisotopic (exact) mass is 287 g/mol. The summed E-state index contributed by atoms with van der Waals surface area (Å²) in [6.45, 7) is 0. The lowest BCUT2D eigenvalue weighted by molar-refractivity contribution is -0.136. The predicted octanol–water partition coefficient (Wildman–Crippen LogP) is 3.03. The minimum Gasteiger partial charge on any atom is -0.497 e. The molecule has 2 fully saturated rings. The van der Waals surface area contributed by atoms with Crippen molar-refractivity contribution in [2.75, 3.05) is 12.4 Å². The summed E-state index contributed by atoms with van der Waals surface area (Å²) >= 11 is 0. The first-order valence-corrected chi connectivity index (χ1v) is 7.66.